The highest BCUT2D eigenvalue weighted by Crippen LogP contribution is 2.60. The number of benzene rings is 1. The Labute approximate surface area is 273 Å². The number of hydrogen-bond donors (Lipinski definition) is 1. The van der Waals surface area contributed by atoms with Crippen LogP contribution in [0.15, 0.2) is 59.5 Å². The molecule has 4 aromatic rings. The first kappa shape index (κ1) is 30.3. The van der Waals surface area contributed by atoms with Crippen LogP contribution in [0.5, 0.6) is 0 Å². The number of likely N-dealkylation sites (tertiary alicyclic amines) is 1. The number of ketones is 1. The average molecular weight is 687 g/mol. The minimum absolute atomic E-state index is 0.134. The van der Waals surface area contributed by atoms with E-state index in [1.54, 1.807) is 28.0 Å². The highest BCUT2D eigenvalue weighted by Gasteiger charge is 2.67. The Morgan fingerprint density at radius 3 is 2.63 bits per heavy atom. The summed E-state index contributed by atoms with van der Waals surface area (Å²) in [7, 11) is 0. The van der Waals surface area contributed by atoms with Gasteiger partial charge < -0.3 is 19.7 Å². The first-order valence-corrected chi connectivity index (χ1v) is 15.9. The van der Waals surface area contributed by atoms with Gasteiger partial charge in [0.25, 0.3) is 0 Å². The third-order valence-corrected chi connectivity index (χ3v) is 9.36. The predicted octanol–water partition coefficient (Wildman–Crippen LogP) is 4.26. The van der Waals surface area contributed by atoms with E-state index >= 15 is 0 Å². The normalized spacial score (nSPS) is 23.5. The molecule has 3 aromatic heterocycles. The number of rotatable bonds is 4. The SMILES string of the molecule is CC(=O)c1nn(CC(=O)N2C3CC34COC/C=C\COCc3ccc(Br)nc3NC(=O)[C@@H]2C4)c2ccc(-c3cnc(C)nc3)cc12. The number of nitrogens with zero attached hydrogens (tertiary/aromatic N) is 6. The number of Topliss-reactive ketones (excluding diaryl/α,β-unsaturated/α-hetero) is 1. The number of halogens is 1. The van der Waals surface area contributed by atoms with Gasteiger partial charge in [-0.05, 0) is 59.5 Å². The number of hydrogen-bond acceptors (Lipinski definition) is 9. The molecule has 1 saturated carbocycles. The van der Waals surface area contributed by atoms with E-state index in [9.17, 15) is 14.4 Å². The van der Waals surface area contributed by atoms with Crippen LogP contribution in [0.3, 0.4) is 0 Å². The molecule has 1 aromatic carbocycles. The molecule has 236 valence electrons. The number of piperidine rings is 1. The number of pyridine rings is 1. The van der Waals surface area contributed by atoms with Crippen molar-refractivity contribution in [1.82, 2.24) is 29.6 Å². The zero-order valence-corrected chi connectivity index (χ0v) is 27.0. The molecule has 3 atom stereocenters. The lowest BCUT2D eigenvalue weighted by atomic mass is 10.00. The zero-order chi connectivity index (χ0) is 32.0. The highest BCUT2D eigenvalue weighted by molar-refractivity contribution is 9.10. The summed E-state index contributed by atoms with van der Waals surface area (Å²) in [4.78, 5) is 55.5. The number of aryl methyl sites for hydroxylation is 1. The molecular weight excluding hydrogens is 654 g/mol. The molecule has 2 bridgehead atoms. The molecule has 1 N–H and O–H groups in total. The van der Waals surface area contributed by atoms with Gasteiger partial charge in [0.15, 0.2) is 5.78 Å². The van der Waals surface area contributed by atoms with Gasteiger partial charge in [0.1, 0.15) is 34.5 Å². The molecule has 46 heavy (non-hydrogen) atoms. The number of fused-ring (bicyclic) bond motifs is 3. The van der Waals surface area contributed by atoms with Gasteiger partial charge in [-0.1, -0.05) is 24.3 Å². The Bertz CT molecular complexity index is 1890. The van der Waals surface area contributed by atoms with E-state index in [-0.39, 0.29) is 47.9 Å². The maximum Gasteiger partial charge on any atom is 0.248 e. The number of anilines is 1. The first-order chi connectivity index (χ1) is 22.2. The van der Waals surface area contributed by atoms with E-state index < -0.39 is 6.04 Å². The fourth-order valence-electron chi connectivity index (χ4n) is 6.50. The van der Waals surface area contributed by atoms with Gasteiger partial charge in [-0.25, -0.2) is 15.0 Å². The Morgan fingerprint density at radius 1 is 1.07 bits per heavy atom. The first-order valence-electron chi connectivity index (χ1n) is 15.1. The molecule has 2 fully saturated rings. The van der Waals surface area contributed by atoms with Crippen LogP contribution in [0, 0.1) is 12.3 Å². The fraction of sp³-hybridized carbons (Fsp3) is 0.364. The lowest BCUT2D eigenvalue weighted by Gasteiger charge is -2.27. The van der Waals surface area contributed by atoms with Gasteiger partial charge in [0.05, 0.1) is 31.9 Å². The summed E-state index contributed by atoms with van der Waals surface area (Å²) in [6.45, 7) is 4.64. The van der Waals surface area contributed by atoms with Crippen LogP contribution in [0.25, 0.3) is 22.0 Å². The van der Waals surface area contributed by atoms with Crippen molar-refractivity contribution < 1.29 is 23.9 Å². The van der Waals surface area contributed by atoms with Crippen molar-refractivity contribution in [2.45, 2.75) is 51.9 Å². The molecular formula is C33H32BrN7O5. The van der Waals surface area contributed by atoms with Crippen molar-refractivity contribution >= 4 is 50.2 Å². The van der Waals surface area contributed by atoms with Crippen LogP contribution in [-0.4, -0.2) is 79.1 Å². The lowest BCUT2D eigenvalue weighted by Crippen LogP contribution is -2.47. The third-order valence-electron chi connectivity index (χ3n) is 8.92. The van der Waals surface area contributed by atoms with Crippen LogP contribution in [0.1, 0.15) is 41.6 Å². The molecule has 2 amide bonds. The number of carbonyl (C=O) groups excluding carboxylic acids is 3. The summed E-state index contributed by atoms with van der Waals surface area (Å²) >= 11 is 3.40. The van der Waals surface area contributed by atoms with Crippen molar-refractivity contribution in [3.63, 3.8) is 0 Å². The lowest BCUT2D eigenvalue weighted by molar-refractivity contribution is -0.138. The second kappa shape index (κ2) is 12.1. The monoisotopic (exact) mass is 685 g/mol. The van der Waals surface area contributed by atoms with Gasteiger partial charge in [0, 0.05) is 47.3 Å². The van der Waals surface area contributed by atoms with Crippen molar-refractivity contribution in [2.75, 3.05) is 25.1 Å². The molecule has 7 rings (SSSR count). The molecule has 1 aliphatic carbocycles. The Balaban J connectivity index is 1.20. The zero-order valence-electron chi connectivity index (χ0n) is 25.4. The van der Waals surface area contributed by atoms with Crippen molar-refractivity contribution in [3.8, 4) is 11.1 Å². The maximum atomic E-state index is 14.2. The molecule has 1 spiro atoms. The quantitative estimate of drug-likeness (QED) is 0.189. The van der Waals surface area contributed by atoms with Gasteiger partial charge in [-0.3, -0.25) is 19.1 Å². The fourth-order valence-corrected chi connectivity index (χ4v) is 6.81. The van der Waals surface area contributed by atoms with E-state index in [0.717, 1.165) is 23.1 Å². The van der Waals surface area contributed by atoms with Gasteiger partial charge >= 0.3 is 0 Å². The molecule has 0 radical (unpaired) electrons. The van der Waals surface area contributed by atoms with Crippen LogP contribution >= 0.6 is 15.9 Å². The van der Waals surface area contributed by atoms with E-state index in [0.29, 0.717) is 53.4 Å². The van der Waals surface area contributed by atoms with Crippen molar-refractivity contribution in [2.24, 2.45) is 5.41 Å². The Kier molecular flexibility index (Phi) is 7.99. The summed E-state index contributed by atoms with van der Waals surface area (Å²) in [6.07, 6.45) is 8.50. The third kappa shape index (κ3) is 5.74. The van der Waals surface area contributed by atoms with Gasteiger partial charge in [-0.2, -0.15) is 5.10 Å². The maximum absolute atomic E-state index is 14.2. The molecule has 2 unspecified atom stereocenters. The summed E-state index contributed by atoms with van der Waals surface area (Å²) in [5, 5.41) is 8.18. The van der Waals surface area contributed by atoms with E-state index in [4.69, 9.17) is 9.47 Å². The Morgan fingerprint density at radius 2 is 1.85 bits per heavy atom. The molecule has 12 nitrogen and oxygen atoms in total. The van der Waals surface area contributed by atoms with Crippen molar-refractivity contribution in [1.29, 1.82) is 0 Å². The summed E-state index contributed by atoms with van der Waals surface area (Å²) in [5.74, 6) is 0.254. The predicted molar refractivity (Wildman–Crippen MR) is 172 cm³/mol. The smallest absolute Gasteiger partial charge is 0.248 e. The minimum Gasteiger partial charge on any atom is -0.377 e. The Hall–Kier alpha value is -4.33. The molecule has 5 heterocycles. The second-order valence-corrected chi connectivity index (χ2v) is 12.9. The van der Waals surface area contributed by atoms with E-state index in [1.165, 1.54) is 6.92 Å². The number of nitrogens with one attached hydrogen (secondary N) is 1. The highest BCUT2D eigenvalue weighted by atomic mass is 79.9. The molecule has 1 saturated heterocycles. The molecule has 2 aliphatic heterocycles. The van der Waals surface area contributed by atoms with Crippen LogP contribution in [0.2, 0.25) is 0 Å². The standard InChI is InChI=1S/C33H32BrN7O5/c1-19(42)30-24-11-21(23-14-35-20(2)36-15-23)5-7-25(24)40(39-30)16-29(43)41-26-12-33(13-27(33)41)18-46-10-4-3-9-45-17-22-6-8-28(34)37-31(22)38-32(26)44/h3-8,11,14-15,26-27H,9-10,12-13,16-18H2,1-2H3,(H,37,38,44)/b4-3-/t26-,27?,33?/m0/s1. The number of carbonyl (C=O) groups is 3. The summed E-state index contributed by atoms with van der Waals surface area (Å²) < 4.78 is 13.9. The molecule has 3 aliphatic rings. The van der Waals surface area contributed by atoms with Gasteiger partial charge in [0.2, 0.25) is 11.8 Å². The van der Waals surface area contributed by atoms with Crippen LogP contribution in [-0.2, 0) is 32.2 Å². The van der Waals surface area contributed by atoms with Gasteiger partial charge in [-0.15, -0.1) is 0 Å². The minimum atomic E-state index is -0.729. The van der Waals surface area contributed by atoms with Crippen molar-refractivity contribution in [3.05, 3.63) is 76.6 Å². The van der Waals surface area contributed by atoms with E-state index in [1.807, 2.05) is 43.3 Å². The number of aromatic nitrogens is 5. The van der Waals surface area contributed by atoms with Crippen LogP contribution < -0.4 is 5.32 Å². The molecule has 13 heteroatoms. The second-order valence-electron chi connectivity index (χ2n) is 12.0. The summed E-state index contributed by atoms with van der Waals surface area (Å²) in [6, 6.07) is 8.39. The largest absolute Gasteiger partial charge is 0.377 e. The van der Waals surface area contributed by atoms with E-state index in [2.05, 4.69) is 41.3 Å². The topological polar surface area (TPSA) is 141 Å². The van der Waals surface area contributed by atoms with Crippen LogP contribution in [0.4, 0.5) is 5.82 Å². The summed E-state index contributed by atoms with van der Waals surface area (Å²) in [5.41, 5.74) is 2.97. The number of ether oxygens (including phenoxy) is 2. The average Bonchev–Trinajstić information content (AvgIpc) is 3.45. The number of amides is 2.